The van der Waals surface area contributed by atoms with Crippen LogP contribution in [-0.4, -0.2) is 4.98 Å². The van der Waals surface area contributed by atoms with E-state index in [2.05, 4.69) is 4.98 Å². The number of hydrogen-bond donors (Lipinski definition) is 1. The number of aromatic nitrogens is 1. The smallest absolute Gasteiger partial charge is 0.124 e. The SMILES string of the molecule is Nc1cccc(-c2nc3ccc(F)cc3s2)c1. The van der Waals surface area contributed by atoms with Crippen molar-refractivity contribution in [2.75, 3.05) is 5.73 Å². The van der Waals surface area contributed by atoms with E-state index in [4.69, 9.17) is 5.73 Å². The largest absolute Gasteiger partial charge is 0.399 e. The summed E-state index contributed by atoms with van der Waals surface area (Å²) in [5.41, 5.74) is 8.21. The van der Waals surface area contributed by atoms with Crippen LogP contribution in [-0.2, 0) is 0 Å². The number of rotatable bonds is 1. The first-order valence-corrected chi connectivity index (χ1v) is 5.96. The Kier molecular flexibility index (Phi) is 2.30. The fourth-order valence-corrected chi connectivity index (χ4v) is 2.68. The number of nitrogen functional groups attached to an aromatic ring is 1. The summed E-state index contributed by atoms with van der Waals surface area (Å²) in [5.74, 6) is -0.236. The summed E-state index contributed by atoms with van der Waals surface area (Å²) < 4.78 is 13.9. The number of nitrogens with two attached hydrogens (primary N) is 1. The summed E-state index contributed by atoms with van der Waals surface area (Å²) in [6, 6.07) is 12.2. The summed E-state index contributed by atoms with van der Waals surface area (Å²) >= 11 is 1.47. The highest BCUT2D eigenvalue weighted by molar-refractivity contribution is 7.21. The molecule has 84 valence electrons. The van der Waals surface area contributed by atoms with E-state index in [-0.39, 0.29) is 5.82 Å². The van der Waals surface area contributed by atoms with Crippen LogP contribution in [0.5, 0.6) is 0 Å². The van der Waals surface area contributed by atoms with Crippen LogP contribution in [0.4, 0.5) is 10.1 Å². The number of halogens is 1. The van der Waals surface area contributed by atoms with Gasteiger partial charge >= 0.3 is 0 Å². The van der Waals surface area contributed by atoms with Gasteiger partial charge in [0.1, 0.15) is 10.8 Å². The first-order valence-electron chi connectivity index (χ1n) is 5.14. The Bertz CT molecular complexity index is 691. The van der Waals surface area contributed by atoms with Gasteiger partial charge in [0.05, 0.1) is 10.2 Å². The van der Waals surface area contributed by atoms with Gasteiger partial charge in [0.25, 0.3) is 0 Å². The molecular formula is C13H9FN2S. The number of hydrogen-bond acceptors (Lipinski definition) is 3. The van der Waals surface area contributed by atoms with Gasteiger partial charge < -0.3 is 5.73 Å². The second-order valence-corrected chi connectivity index (χ2v) is 4.79. The molecule has 0 amide bonds. The maximum atomic E-state index is 13.1. The Hall–Kier alpha value is -1.94. The number of thiazole rings is 1. The predicted molar refractivity (Wildman–Crippen MR) is 69.4 cm³/mol. The summed E-state index contributed by atoms with van der Waals surface area (Å²) in [6.07, 6.45) is 0. The van der Waals surface area contributed by atoms with Gasteiger partial charge in [-0.25, -0.2) is 9.37 Å². The molecule has 0 unspecified atom stereocenters. The van der Waals surface area contributed by atoms with E-state index >= 15 is 0 Å². The molecule has 0 radical (unpaired) electrons. The average molecular weight is 244 g/mol. The van der Waals surface area contributed by atoms with Crippen molar-refractivity contribution < 1.29 is 4.39 Å². The number of nitrogens with zero attached hydrogens (tertiary/aromatic N) is 1. The molecule has 3 aromatic rings. The Balaban J connectivity index is 2.18. The minimum absolute atomic E-state index is 0.236. The second-order valence-electron chi connectivity index (χ2n) is 3.76. The van der Waals surface area contributed by atoms with Gasteiger partial charge in [0.2, 0.25) is 0 Å². The van der Waals surface area contributed by atoms with Crippen LogP contribution in [0.2, 0.25) is 0 Å². The minimum atomic E-state index is -0.236. The molecule has 0 aliphatic heterocycles. The Morgan fingerprint density at radius 3 is 2.82 bits per heavy atom. The van der Waals surface area contributed by atoms with Gasteiger partial charge in [0.15, 0.2) is 0 Å². The Morgan fingerprint density at radius 2 is 2.00 bits per heavy atom. The molecular weight excluding hydrogens is 235 g/mol. The highest BCUT2D eigenvalue weighted by atomic mass is 32.1. The molecule has 2 aromatic carbocycles. The fourth-order valence-electron chi connectivity index (χ4n) is 1.69. The molecule has 1 aromatic heterocycles. The van der Waals surface area contributed by atoms with Gasteiger partial charge in [-0.1, -0.05) is 12.1 Å². The summed E-state index contributed by atoms with van der Waals surface area (Å²) in [4.78, 5) is 4.46. The highest BCUT2D eigenvalue weighted by Gasteiger charge is 2.06. The molecule has 4 heteroatoms. The van der Waals surface area contributed by atoms with Gasteiger partial charge in [0, 0.05) is 11.3 Å². The van der Waals surface area contributed by atoms with Crippen molar-refractivity contribution in [2.45, 2.75) is 0 Å². The number of benzene rings is 2. The molecule has 0 bridgehead atoms. The molecule has 0 spiro atoms. The van der Waals surface area contributed by atoms with Crippen molar-refractivity contribution in [3.8, 4) is 10.6 Å². The molecule has 0 atom stereocenters. The lowest BCUT2D eigenvalue weighted by Gasteiger charge is -1.96. The third-order valence-corrected chi connectivity index (χ3v) is 3.55. The molecule has 1 heterocycles. The quantitative estimate of drug-likeness (QED) is 0.663. The van der Waals surface area contributed by atoms with E-state index in [1.54, 1.807) is 6.07 Å². The molecule has 0 aliphatic carbocycles. The third-order valence-electron chi connectivity index (χ3n) is 2.48. The third kappa shape index (κ3) is 1.87. The molecule has 0 aliphatic rings. The topological polar surface area (TPSA) is 38.9 Å². The van der Waals surface area contributed by atoms with Crippen LogP contribution in [0.25, 0.3) is 20.8 Å². The van der Waals surface area contributed by atoms with Crippen molar-refractivity contribution in [2.24, 2.45) is 0 Å². The van der Waals surface area contributed by atoms with E-state index in [0.717, 1.165) is 20.8 Å². The van der Waals surface area contributed by atoms with Crippen LogP contribution in [0.15, 0.2) is 42.5 Å². The van der Waals surface area contributed by atoms with Crippen molar-refractivity contribution in [1.29, 1.82) is 0 Å². The molecule has 0 fully saturated rings. The van der Waals surface area contributed by atoms with Crippen LogP contribution in [0, 0.1) is 5.82 Å². The van der Waals surface area contributed by atoms with Crippen molar-refractivity contribution >= 4 is 27.2 Å². The molecule has 2 N–H and O–H groups in total. The zero-order valence-corrected chi connectivity index (χ0v) is 9.67. The van der Waals surface area contributed by atoms with Gasteiger partial charge in [-0.15, -0.1) is 11.3 Å². The lowest BCUT2D eigenvalue weighted by atomic mass is 10.2. The summed E-state index contributed by atoms with van der Waals surface area (Å²) in [6.45, 7) is 0. The lowest BCUT2D eigenvalue weighted by Crippen LogP contribution is -1.84. The van der Waals surface area contributed by atoms with Crippen LogP contribution in [0.3, 0.4) is 0 Å². The standard InChI is InChI=1S/C13H9FN2S/c14-9-4-5-11-12(7-9)17-13(16-11)8-2-1-3-10(15)6-8/h1-7H,15H2. The Labute approximate surface area is 102 Å². The predicted octanol–water partition coefficient (Wildman–Crippen LogP) is 3.68. The zero-order chi connectivity index (χ0) is 11.8. The highest BCUT2D eigenvalue weighted by Crippen LogP contribution is 2.31. The van der Waals surface area contributed by atoms with E-state index < -0.39 is 0 Å². The summed E-state index contributed by atoms with van der Waals surface area (Å²) in [7, 11) is 0. The molecule has 2 nitrogen and oxygen atoms in total. The monoisotopic (exact) mass is 244 g/mol. The van der Waals surface area contributed by atoms with E-state index in [0.29, 0.717) is 5.69 Å². The molecule has 3 rings (SSSR count). The maximum absolute atomic E-state index is 13.1. The molecule has 0 saturated heterocycles. The van der Waals surface area contributed by atoms with Crippen LogP contribution < -0.4 is 5.73 Å². The van der Waals surface area contributed by atoms with E-state index in [1.165, 1.54) is 23.5 Å². The molecule has 17 heavy (non-hydrogen) atoms. The fraction of sp³-hybridized carbons (Fsp3) is 0. The summed E-state index contributed by atoms with van der Waals surface area (Å²) in [5, 5.41) is 0.859. The minimum Gasteiger partial charge on any atom is -0.399 e. The zero-order valence-electron chi connectivity index (χ0n) is 8.85. The van der Waals surface area contributed by atoms with E-state index in [9.17, 15) is 4.39 Å². The van der Waals surface area contributed by atoms with Gasteiger partial charge in [-0.3, -0.25) is 0 Å². The van der Waals surface area contributed by atoms with Crippen LogP contribution in [0.1, 0.15) is 0 Å². The van der Waals surface area contributed by atoms with Gasteiger partial charge in [-0.05, 0) is 30.3 Å². The normalized spacial score (nSPS) is 10.9. The number of fused-ring (bicyclic) bond motifs is 1. The van der Waals surface area contributed by atoms with Crippen molar-refractivity contribution in [3.05, 3.63) is 48.3 Å². The van der Waals surface area contributed by atoms with E-state index in [1.807, 2.05) is 24.3 Å². The van der Waals surface area contributed by atoms with Crippen molar-refractivity contribution in [1.82, 2.24) is 4.98 Å². The Morgan fingerprint density at radius 1 is 1.12 bits per heavy atom. The lowest BCUT2D eigenvalue weighted by molar-refractivity contribution is 0.630. The first-order chi connectivity index (χ1) is 8.22. The van der Waals surface area contributed by atoms with Gasteiger partial charge in [-0.2, -0.15) is 0 Å². The first kappa shape index (κ1) is 10.2. The average Bonchev–Trinajstić information content (AvgIpc) is 2.72. The number of anilines is 1. The molecule has 0 saturated carbocycles. The van der Waals surface area contributed by atoms with Crippen molar-refractivity contribution in [3.63, 3.8) is 0 Å². The maximum Gasteiger partial charge on any atom is 0.124 e. The van der Waals surface area contributed by atoms with Crippen LogP contribution >= 0.6 is 11.3 Å². The second kappa shape index (κ2) is 3.82.